The molecule has 0 atom stereocenters. The van der Waals surface area contributed by atoms with Gasteiger partial charge >= 0.3 is 0 Å². The summed E-state index contributed by atoms with van der Waals surface area (Å²) in [5.74, 6) is 1.55. The highest BCUT2D eigenvalue weighted by Crippen LogP contribution is 2.20. The molecule has 1 saturated heterocycles. The minimum Gasteiger partial charge on any atom is -0.356 e. The summed E-state index contributed by atoms with van der Waals surface area (Å²) in [6.45, 7) is 9.89. The molecule has 19 heavy (non-hydrogen) atoms. The Balaban J connectivity index is 1.92. The molecular formula is C15H26N4. The van der Waals surface area contributed by atoms with Gasteiger partial charge in [-0.1, -0.05) is 20.8 Å². The first-order valence-electron chi connectivity index (χ1n) is 7.51. The molecule has 1 aliphatic heterocycles. The zero-order valence-electron chi connectivity index (χ0n) is 12.4. The summed E-state index contributed by atoms with van der Waals surface area (Å²) >= 11 is 0. The Kier molecular flexibility index (Phi) is 5.14. The molecule has 0 bridgehead atoms. The molecule has 1 N–H and O–H groups in total. The molecule has 1 aromatic heterocycles. The summed E-state index contributed by atoms with van der Waals surface area (Å²) < 4.78 is 0. The van der Waals surface area contributed by atoms with Gasteiger partial charge < -0.3 is 10.2 Å². The van der Waals surface area contributed by atoms with Crippen molar-refractivity contribution in [3.05, 3.63) is 18.1 Å². The van der Waals surface area contributed by atoms with Crippen LogP contribution in [0.15, 0.2) is 12.4 Å². The molecule has 0 saturated carbocycles. The maximum Gasteiger partial charge on any atom is 0.132 e. The van der Waals surface area contributed by atoms with E-state index in [0.29, 0.717) is 12.0 Å². The van der Waals surface area contributed by atoms with Gasteiger partial charge in [-0.3, -0.25) is 0 Å². The van der Waals surface area contributed by atoms with Crippen molar-refractivity contribution < 1.29 is 0 Å². The molecule has 0 radical (unpaired) electrons. The molecule has 0 unspecified atom stereocenters. The number of hydrogen-bond donors (Lipinski definition) is 1. The average molecular weight is 262 g/mol. The zero-order chi connectivity index (χ0) is 13.7. The molecule has 1 aromatic rings. The first-order valence-corrected chi connectivity index (χ1v) is 7.51. The largest absolute Gasteiger partial charge is 0.356 e. The molecule has 0 aliphatic carbocycles. The lowest BCUT2D eigenvalue weighted by Gasteiger charge is -2.33. The first kappa shape index (κ1) is 14.3. The molecule has 106 valence electrons. The van der Waals surface area contributed by atoms with Crippen LogP contribution in [0.5, 0.6) is 0 Å². The van der Waals surface area contributed by atoms with E-state index in [1.54, 1.807) is 6.33 Å². The van der Waals surface area contributed by atoms with Crippen LogP contribution in [0.3, 0.4) is 0 Å². The van der Waals surface area contributed by atoms with Gasteiger partial charge in [-0.25, -0.2) is 9.97 Å². The fourth-order valence-electron chi connectivity index (χ4n) is 2.51. The van der Waals surface area contributed by atoms with Gasteiger partial charge in [-0.05, 0) is 31.7 Å². The van der Waals surface area contributed by atoms with E-state index in [4.69, 9.17) is 0 Å². The number of rotatable bonds is 5. The first-order chi connectivity index (χ1) is 9.20. The van der Waals surface area contributed by atoms with Crippen LogP contribution in [0.25, 0.3) is 0 Å². The number of nitrogens with one attached hydrogen (secondary N) is 1. The van der Waals surface area contributed by atoms with Gasteiger partial charge in [0.1, 0.15) is 12.1 Å². The minimum absolute atomic E-state index is 0.463. The zero-order valence-corrected chi connectivity index (χ0v) is 12.4. The molecule has 4 heteroatoms. The molecule has 2 heterocycles. The molecule has 1 fully saturated rings. The summed E-state index contributed by atoms with van der Waals surface area (Å²) in [6, 6.07) is 2.83. The molecule has 0 spiro atoms. The van der Waals surface area contributed by atoms with Crippen molar-refractivity contribution in [3.63, 3.8) is 0 Å². The van der Waals surface area contributed by atoms with Crippen LogP contribution in [0.2, 0.25) is 0 Å². The van der Waals surface area contributed by atoms with E-state index in [-0.39, 0.29) is 0 Å². The SMILES string of the molecule is CCCNC1CCN(c2cc(C(C)C)ncn2)CC1. The maximum absolute atomic E-state index is 4.43. The standard InChI is InChI=1S/C15H26N4/c1-4-7-16-13-5-8-19(9-6-13)15-10-14(12(2)3)17-11-18-15/h10-13,16H,4-9H2,1-3H3. The summed E-state index contributed by atoms with van der Waals surface area (Å²) in [6.07, 6.45) is 5.33. The lowest BCUT2D eigenvalue weighted by atomic mass is 10.0. The molecular weight excluding hydrogens is 236 g/mol. The summed E-state index contributed by atoms with van der Waals surface area (Å²) in [5.41, 5.74) is 1.14. The fourth-order valence-corrected chi connectivity index (χ4v) is 2.51. The Labute approximate surface area is 116 Å². The third-order valence-corrected chi connectivity index (χ3v) is 3.77. The molecule has 0 aromatic carbocycles. The Morgan fingerprint density at radius 1 is 1.32 bits per heavy atom. The van der Waals surface area contributed by atoms with Gasteiger partial charge in [-0.2, -0.15) is 0 Å². The number of aromatic nitrogens is 2. The summed E-state index contributed by atoms with van der Waals surface area (Å²) in [7, 11) is 0. The predicted molar refractivity (Wildman–Crippen MR) is 79.6 cm³/mol. The number of piperidine rings is 1. The lowest BCUT2D eigenvalue weighted by Crippen LogP contribution is -2.43. The Hall–Kier alpha value is -1.16. The van der Waals surface area contributed by atoms with Crippen LogP contribution in [-0.4, -0.2) is 35.6 Å². The van der Waals surface area contributed by atoms with E-state index in [1.807, 2.05) is 0 Å². The van der Waals surface area contributed by atoms with Gasteiger partial charge in [-0.15, -0.1) is 0 Å². The van der Waals surface area contributed by atoms with Crippen molar-refractivity contribution in [1.82, 2.24) is 15.3 Å². The van der Waals surface area contributed by atoms with E-state index >= 15 is 0 Å². The van der Waals surface area contributed by atoms with Gasteiger partial charge in [0.05, 0.1) is 0 Å². The monoisotopic (exact) mass is 262 g/mol. The minimum atomic E-state index is 0.463. The van der Waals surface area contributed by atoms with Crippen molar-refractivity contribution in [2.45, 2.75) is 52.0 Å². The van der Waals surface area contributed by atoms with Gasteiger partial charge in [0.15, 0.2) is 0 Å². The molecule has 2 rings (SSSR count). The third kappa shape index (κ3) is 3.90. The number of nitrogens with zero attached hydrogens (tertiary/aromatic N) is 3. The van der Waals surface area contributed by atoms with Crippen molar-refractivity contribution >= 4 is 5.82 Å². The molecule has 4 nitrogen and oxygen atoms in total. The van der Waals surface area contributed by atoms with Crippen LogP contribution >= 0.6 is 0 Å². The van der Waals surface area contributed by atoms with Crippen molar-refractivity contribution in [2.75, 3.05) is 24.5 Å². The highest BCUT2D eigenvalue weighted by Gasteiger charge is 2.19. The van der Waals surface area contributed by atoms with Crippen molar-refractivity contribution in [2.24, 2.45) is 0 Å². The second-order valence-electron chi connectivity index (χ2n) is 5.67. The fraction of sp³-hybridized carbons (Fsp3) is 0.733. The van der Waals surface area contributed by atoms with E-state index in [2.05, 4.69) is 47.0 Å². The number of anilines is 1. The second-order valence-corrected chi connectivity index (χ2v) is 5.67. The highest BCUT2D eigenvalue weighted by molar-refractivity contribution is 5.40. The van der Waals surface area contributed by atoms with E-state index in [9.17, 15) is 0 Å². The Bertz CT molecular complexity index is 383. The van der Waals surface area contributed by atoms with Gasteiger partial charge in [0.2, 0.25) is 0 Å². The summed E-state index contributed by atoms with van der Waals surface area (Å²) in [4.78, 5) is 11.2. The van der Waals surface area contributed by atoms with Gasteiger partial charge in [0, 0.05) is 30.9 Å². The second kappa shape index (κ2) is 6.85. The normalized spacial score (nSPS) is 17.2. The highest BCUT2D eigenvalue weighted by atomic mass is 15.2. The van der Waals surface area contributed by atoms with Gasteiger partial charge in [0.25, 0.3) is 0 Å². The third-order valence-electron chi connectivity index (χ3n) is 3.77. The van der Waals surface area contributed by atoms with Crippen LogP contribution in [0.1, 0.15) is 51.6 Å². The Morgan fingerprint density at radius 3 is 2.68 bits per heavy atom. The number of hydrogen-bond acceptors (Lipinski definition) is 4. The maximum atomic E-state index is 4.43. The summed E-state index contributed by atoms with van der Waals surface area (Å²) in [5, 5.41) is 3.61. The van der Waals surface area contributed by atoms with E-state index in [0.717, 1.165) is 31.1 Å². The van der Waals surface area contributed by atoms with Crippen LogP contribution in [0.4, 0.5) is 5.82 Å². The predicted octanol–water partition coefficient (Wildman–Crippen LogP) is 2.57. The molecule has 0 amide bonds. The Morgan fingerprint density at radius 2 is 2.05 bits per heavy atom. The van der Waals surface area contributed by atoms with E-state index < -0.39 is 0 Å². The lowest BCUT2D eigenvalue weighted by molar-refractivity contribution is 0.414. The van der Waals surface area contributed by atoms with Crippen LogP contribution in [0, 0.1) is 0 Å². The average Bonchev–Trinajstić information content (AvgIpc) is 2.46. The molecule has 1 aliphatic rings. The van der Waals surface area contributed by atoms with Crippen molar-refractivity contribution in [3.8, 4) is 0 Å². The topological polar surface area (TPSA) is 41.0 Å². The van der Waals surface area contributed by atoms with Crippen molar-refractivity contribution in [1.29, 1.82) is 0 Å². The van der Waals surface area contributed by atoms with E-state index in [1.165, 1.54) is 19.3 Å². The quantitative estimate of drug-likeness (QED) is 0.885. The van der Waals surface area contributed by atoms with Crippen LogP contribution < -0.4 is 10.2 Å². The van der Waals surface area contributed by atoms with Crippen LogP contribution in [-0.2, 0) is 0 Å². The smallest absolute Gasteiger partial charge is 0.132 e.